The summed E-state index contributed by atoms with van der Waals surface area (Å²) < 4.78 is 4.84. The number of fused-ring (bicyclic) bond motifs is 1. The lowest BCUT2D eigenvalue weighted by molar-refractivity contribution is 0.529. The van der Waals surface area contributed by atoms with Crippen molar-refractivity contribution in [2.24, 2.45) is 5.92 Å². The van der Waals surface area contributed by atoms with Crippen molar-refractivity contribution < 1.29 is 0 Å². The molecular weight excluding hydrogens is 412 g/mol. The van der Waals surface area contributed by atoms with Crippen LogP contribution in [0.15, 0.2) is 70.5 Å². The van der Waals surface area contributed by atoms with Crippen LogP contribution in [-0.4, -0.2) is 18.7 Å². The largest absolute Gasteiger partial charge is 0.333 e. The van der Waals surface area contributed by atoms with Crippen molar-refractivity contribution in [1.29, 1.82) is 0 Å². The molecule has 2 heterocycles. The van der Waals surface area contributed by atoms with Gasteiger partial charge in [0.05, 0.1) is 19.4 Å². The first-order chi connectivity index (χ1) is 15.6. The minimum absolute atomic E-state index is 0.0417. The van der Waals surface area contributed by atoms with Gasteiger partial charge in [0.1, 0.15) is 0 Å². The zero-order valence-electron chi connectivity index (χ0n) is 20.1. The van der Waals surface area contributed by atoms with E-state index in [9.17, 15) is 9.59 Å². The molecule has 0 fully saturated rings. The van der Waals surface area contributed by atoms with E-state index < -0.39 is 0 Å². The Hall–Kier alpha value is -3.41. The van der Waals surface area contributed by atoms with Gasteiger partial charge in [-0.05, 0) is 28.0 Å². The smallest absolute Gasteiger partial charge is 0.324 e. The monoisotopic (exact) mass is 444 g/mol. The minimum atomic E-state index is -0.342. The van der Waals surface area contributed by atoms with Crippen LogP contribution in [-0.2, 0) is 25.0 Å². The summed E-state index contributed by atoms with van der Waals surface area (Å²) >= 11 is 0. The van der Waals surface area contributed by atoms with Crippen molar-refractivity contribution >= 4 is 11.2 Å². The summed E-state index contributed by atoms with van der Waals surface area (Å²) in [6, 6.07) is 17.9. The van der Waals surface area contributed by atoms with Gasteiger partial charge in [0, 0.05) is 6.54 Å². The van der Waals surface area contributed by atoms with E-state index in [4.69, 9.17) is 0 Å². The molecule has 0 spiro atoms. The van der Waals surface area contributed by atoms with Crippen LogP contribution in [0, 0.1) is 5.92 Å². The maximum atomic E-state index is 13.5. The van der Waals surface area contributed by atoms with Gasteiger partial charge >= 0.3 is 5.69 Å². The third-order valence-corrected chi connectivity index (χ3v) is 5.89. The van der Waals surface area contributed by atoms with Crippen molar-refractivity contribution in [2.75, 3.05) is 0 Å². The van der Waals surface area contributed by atoms with E-state index in [0.717, 1.165) is 11.1 Å². The second-order valence-electron chi connectivity index (χ2n) is 10.2. The normalized spacial score (nSPS) is 12.1. The fraction of sp³-hybridized carbons (Fsp3) is 0.370. The van der Waals surface area contributed by atoms with E-state index in [1.165, 1.54) is 10.1 Å². The Balaban J connectivity index is 1.86. The Kier molecular flexibility index (Phi) is 6.11. The Morgan fingerprint density at radius 3 is 2.06 bits per heavy atom. The van der Waals surface area contributed by atoms with Crippen LogP contribution in [0.2, 0.25) is 0 Å². The average Bonchev–Trinajstić information content (AvgIpc) is 3.17. The van der Waals surface area contributed by atoms with Gasteiger partial charge in [-0.1, -0.05) is 89.2 Å². The van der Waals surface area contributed by atoms with Crippen LogP contribution < -0.4 is 11.2 Å². The third-order valence-electron chi connectivity index (χ3n) is 5.89. The zero-order chi connectivity index (χ0) is 23.8. The van der Waals surface area contributed by atoms with E-state index in [0.29, 0.717) is 30.2 Å². The lowest BCUT2D eigenvalue weighted by atomic mass is 9.87. The van der Waals surface area contributed by atoms with Gasteiger partial charge in [0.2, 0.25) is 0 Å². The predicted molar refractivity (Wildman–Crippen MR) is 133 cm³/mol. The molecule has 0 aliphatic heterocycles. The van der Waals surface area contributed by atoms with Crippen molar-refractivity contribution in [3.8, 4) is 0 Å². The van der Waals surface area contributed by atoms with Crippen LogP contribution in [0.5, 0.6) is 0 Å². The van der Waals surface area contributed by atoms with E-state index >= 15 is 0 Å². The lowest BCUT2D eigenvalue weighted by Crippen LogP contribution is -2.41. The molecule has 0 saturated carbocycles. The molecule has 0 amide bonds. The standard InChI is InChI=1S/C27H32N4O2/c1-19(2)15-29-18-28-24-23(29)25(32)31(17-21-11-13-22(14-12-21)27(3,4)5)26(33)30(24)16-20-9-7-6-8-10-20/h6-14,18-19H,15-17H2,1-5H3. The molecule has 2 aromatic heterocycles. The van der Waals surface area contributed by atoms with Crippen molar-refractivity contribution in [2.45, 2.75) is 59.7 Å². The molecule has 0 aliphatic carbocycles. The van der Waals surface area contributed by atoms with E-state index in [-0.39, 0.29) is 23.2 Å². The number of nitrogens with zero attached hydrogens (tertiary/aromatic N) is 4. The Morgan fingerprint density at radius 1 is 0.848 bits per heavy atom. The number of rotatable bonds is 6. The van der Waals surface area contributed by atoms with Crippen LogP contribution in [0.25, 0.3) is 11.2 Å². The van der Waals surface area contributed by atoms with Crippen LogP contribution in [0.4, 0.5) is 0 Å². The molecule has 172 valence electrons. The maximum absolute atomic E-state index is 13.5. The van der Waals surface area contributed by atoms with Gasteiger partial charge in [0.25, 0.3) is 5.56 Å². The van der Waals surface area contributed by atoms with Gasteiger partial charge in [-0.3, -0.25) is 13.9 Å². The maximum Gasteiger partial charge on any atom is 0.333 e. The molecule has 0 bridgehead atoms. The van der Waals surface area contributed by atoms with Gasteiger partial charge in [0.15, 0.2) is 11.2 Å². The molecule has 0 saturated heterocycles. The highest BCUT2D eigenvalue weighted by Gasteiger charge is 2.19. The van der Waals surface area contributed by atoms with Crippen molar-refractivity contribution in [1.82, 2.24) is 18.7 Å². The first-order valence-electron chi connectivity index (χ1n) is 11.5. The van der Waals surface area contributed by atoms with E-state index in [1.807, 2.05) is 47.0 Å². The van der Waals surface area contributed by atoms with Gasteiger partial charge in [-0.25, -0.2) is 9.78 Å². The van der Waals surface area contributed by atoms with Crippen molar-refractivity contribution in [3.05, 3.63) is 98.5 Å². The molecule has 0 unspecified atom stereocenters. The Labute approximate surface area is 194 Å². The number of hydrogen-bond donors (Lipinski definition) is 0. The highest BCUT2D eigenvalue weighted by molar-refractivity contribution is 5.70. The SMILES string of the molecule is CC(C)Cn1cnc2c1c(=O)n(Cc1ccc(C(C)(C)C)cc1)c(=O)n2Cc1ccccc1. The fourth-order valence-corrected chi connectivity index (χ4v) is 4.11. The molecule has 33 heavy (non-hydrogen) atoms. The average molecular weight is 445 g/mol. The Morgan fingerprint density at radius 2 is 1.45 bits per heavy atom. The highest BCUT2D eigenvalue weighted by Crippen LogP contribution is 2.22. The third kappa shape index (κ3) is 4.70. The molecule has 6 heteroatoms. The zero-order valence-corrected chi connectivity index (χ0v) is 20.1. The summed E-state index contributed by atoms with van der Waals surface area (Å²) in [4.78, 5) is 31.6. The summed E-state index contributed by atoms with van der Waals surface area (Å²) in [5.74, 6) is 0.342. The number of hydrogen-bond acceptors (Lipinski definition) is 3. The summed E-state index contributed by atoms with van der Waals surface area (Å²) in [7, 11) is 0. The summed E-state index contributed by atoms with van der Waals surface area (Å²) in [5.41, 5.74) is 3.44. The second-order valence-corrected chi connectivity index (χ2v) is 10.2. The quantitative estimate of drug-likeness (QED) is 0.443. The van der Waals surface area contributed by atoms with Gasteiger partial charge in [-0.15, -0.1) is 0 Å². The highest BCUT2D eigenvalue weighted by atomic mass is 16.2. The molecule has 2 aromatic carbocycles. The topological polar surface area (TPSA) is 61.8 Å². The molecule has 4 aromatic rings. The van der Waals surface area contributed by atoms with Gasteiger partial charge in [-0.2, -0.15) is 0 Å². The lowest BCUT2D eigenvalue weighted by Gasteiger charge is -2.19. The van der Waals surface area contributed by atoms with Crippen molar-refractivity contribution in [3.63, 3.8) is 0 Å². The van der Waals surface area contributed by atoms with Crippen LogP contribution in [0.3, 0.4) is 0 Å². The van der Waals surface area contributed by atoms with E-state index in [1.54, 1.807) is 10.9 Å². The molecule has 4 rings (SSSR count). The molecular formula is C27H32N4O2. The summed E-state index contributed by atoms with van der Waals surface area (Å²) in [6.07, 6.45) is 1.68. The van der Waals surface area contributed by atoms with Gasteiger partial charge < -0.3 is 4.57 Å². The number of imidazole rings is 1. The Bertz CT molecular complexity index is 1370. The van der Waals surface area contributed by atoms with Crippen LogP contribution >= 0.6 is 0 Å². The fourth-order valence-electron chi connectivity index (χ4n) is 4.11. The molecule has 0 N–H and O–H groups in total. The summed E-state index contributed by atoms with van der Waals surface area (Å²) in [6.45, 7) is 11.9. The molecule has 6 nitrogen and oxygen atoms in total. The minimum Gasteiger partial charge on any atom is -0.324 e. The predicted octanol–water partition coefficient (Wildman–Crippen LogP) is 4.41. The molecule has 0 aliphatic rings. The molecule has 0 radical (unpaired) electrons. The second kappa shape index (κ2) is 8.85. The first kappa shape index (κ1) is 22.8. The number of aromatic nitrogens is 4. The number of benzene rings is 2. The van der Waals surface area contributed by atoms with Crippen LogP contribution in [0.1, 0.15) is 51.3 Å². The molecule has 0 atom stereocenters. The first-order valence-corrected chi connectivity index (χ1v) is 11.5. The van der Waals surface area contributed by atoms with E-state index in [2.05, 4.69) is 51.7 Å². The summed E-state index contributed by atoms with van der Waals surface area (Å²) in [5, 5.41) is 0.